The smallest absolute Gasteiger partial charge is 0.246 e. The maximum absolute atomic E-state index is 13.8. The summed E-state index contributed by atoms with van der Waals surface area (Å²) in [6, 6.07) is 1.34. The van der Waals surface area contributed by atoms with Gasteiger partial charge in [-0.25, -0.2) is 21.9 Å². The van der Waals surface area contributed by atoms with Crippen molar-refractivity contribution in [3.63, 3.8) is 0 Å². The van der Waals surface area contributed by atoms with Crippen molar-refractivity contribution in [1.29, 1.82) is 0 Å². The van der Waals surface area contributed by atoms with Crippen molar-refractivity contribution in [2.75, 3.05) is 5.73 Å². The molecule has 2 atom stereocenters. The Morgan fingerprint density at radius 2 is 1.76 bits per heavy atom. The number of hydrogen-bond donors (Lipinski definition) is 2. The summed E-state index contributed by atoms with van der Waals surface area (Å²) >= 11 is 0. The van der Waals surface area contributed by atoms with Gasteiger partial charge in [0.15, 0.2) is 4.90 Å². The van der Waals surface area contributed by atoms with E-state index in [0.717, 1.165) is 31.4 Å². The zero-order valence-corrected chi connectivity index (χ0v) is 12.7. The summed E-state index contributed by atoms with van der Waals surface area (Å²) in [5.74, 6) is -1.78. The number of benzene rings is 1. The standard InChI is InChI=1S/C14H20F2N2O2S/c1-9-3-2-4-11(6-5-9)18-21(19,20)14-12(15)7-10(17)8-13(14)16/h7-9,11,18H,2-6,17H2,1H3. The molecule has 2 rings (SSSR count). The Hall–Kier alpha value is -1.21. The van der Waals surface area contributed by atoms with Crippen LogP contribution in [0.3, 0.4) is 0 Å². The summed E-state index contributed by atoms with van der Waals surface area (Å²) in [5.41, 5.74) is 5.15. The Bertz CT molecular complexity index is 596. The maximum atomic E-state index is 13.8. The maximum Gasteiger partial charge on any atom is 0.246 e. The summed E-state index contributed by atoms with van der Waals surface area (Å²) in [5, 5.41) is 0. The van der Waals surface area contributed by atoms with Gasteiger partial charge in [-0.15, -0.1) is 0 Å². The van der Waals surface area contributed by atoms with Crippen LogP contribution < -0.4 is 10.5 Å². The van der Waals surface area contributed by atoms with E-state index >= 15 is 0 Å². The minimum absolute atomic E-state index is 0.146. The van der Waals surface area contributed by atoms with Gasteiger partial charge < -0.3 is 5.73 Å². The van der Waals surface area contributed by atoms with Crippen LogP contribution in [0.25, 0.3) is 0 Å². The first-order valence-corrected chi connectivity index (χ1v) is 8.55. The molecule has 0 heterocycles. The van der Waals surface area contributed by atoms with Crippen LogP contribution in [0.1, 0.15) is 39.0 Å². The lowest BCUT2D eigenvalue weighted by Crippen LogP contribution is -2.35. The number of nitrogens with one attached hydrogen (secondary N) is 1. The molecule has 21 heavy (non-hydrogen) atoms. The first-order valence-electron chi connectivity index (χ1n) is 7.06. The number of rotatable bonds is 3. The zero-order chi connectivity index (χ0) is 15.6. The molecule has 1 aromatic rings. The first kappa shape index (κ1) is 16.2. The van der Waals surface area contributed by atoms with Gasteiger partial charge in [0.25, 0.3) is 0 Å². The summed E-state index contributed by atoms with van der Waals surface area (Å²) in [7, 11) is -4.23. The molecule has 0 amide bonds. The van der Waals surface area contributed by atoms with Crippen LogP contribution in [-0.2, 0) is 10.0 Å². The van der Waals surface area contributed by atoms with Crippen molar-refractivity contribution in [1.82, 2.24) is 4.72 Å². The summed E-state index contributed by atoms with van der Waals surface area (Å²) in [4.78, 5) is -0.950. The lowest BCUT2D eigenvalue weighted by Gasteiger charge is -2.17. The SMILES string of the molecule is CC1CCCC(NS(=O)(=O)c2c(F)cc(N)cc2F)CC1. The van der Waals surface area contributed by atoms with Gasteiger partial charge in [-0.1, -0.05) is 19.8 Å². The first-order chi connectivity index (χ1) is 9.79. The third kappa shape index (κ3) is 3.91. The quantitative estimate of drug-likeness (QED) is 0.665. The minimum Gasteiger partial charge on any atom is -0.399 e. The van der Waals surface area contributed by atoms with Gasteiger partial charge in [0.2, 0.25) is 10.0 Å². The fourth-order valence-corrected chi connectivity index (χ4v) is 4.14. The molecule has 3 N–H and O–H groups in total. The third-order valence-electron chi connectivity index (χ3n) is 3.87. The van der Waals surface area contributed by atoms with E-state index < -0.39 is 26.6 Å². The van der Waals surface area contributed by atoms with Crippen molar-refractivity contribution < 1.29 is 17.2 Å². The van der Waals surface area contributed by atoms with Gasteiger partial charge in [-0.3, -0.25) is 0 Å². The molecule has 0 bridgehead atoms. The second-order valence-corrected chi connectivity index (χ2v) is 7.40. The minimum atomic E-state index is -4.23. The molecular formula is C14H20F2N2O2S. The lowest BCUT2D eigenvalue weighted by molar-refractivity contribution is 0.476. The molecule has 4 nitrogen and oxygen atoms in total. The number of hydrogen-bond acceptors (Lipinski definition) is 3. The number of nitrogens with two attached hydrogens (primary N) is 1. The molecule has 0 aliphatic heterocycles. The Balaban J connectivity index is 2.23. The molecule has 2 unspecified atom stereocenters. The highest BCUT2D eigenvalue weighted by atomic mass is 32.2. The van der Waals surface area contributed by atoms with E-state index in [0.29, 0.717) is 18.8 Å². The van der Waals surface area contributed by atoms with Gasteiger partial charge in [0.05, 0.1) is 0 Å². The number of sulfonamides is 1. The van der Waals surface area contributed by atoms with E-state index in [1.807, 2.05) is 0 Å². The monoisotopic (exact) mass is 318 g/mol. The molecule has 0 saturated heterocycles. The summed E-state index contributed by atoms with van der Waals surface area (Å²) in [6.45, 7) is 2.12. The van der Waals surface area contributed by atoms with Gasteiger partial charge >= 0.3 is 0 Å². The molecular weight excluding hydrogens is 298 g/mol. The van der Waals surface area contributed by atoms with Gasteiger partial charge in [-0.2, -0.15) is 0 Å². The normalized spacial score (nSPS) is 23.8. The average Bonchev–Trinajstić information content (AvgIpc) is 2.52. The van der Waals surface area contributed by atoms with Crippen molar-refractivity contribution in [2.45, 2.75) is 50.0 Å². The van der Waals surface area contributed by atoms with Crippen molar-refractivity contribution >= 4 is 15.7 Å². The molecule has 1 saturated carbocycles. The van der Waals surface area contributed by atoms with Crippen LogP contribution in [0.4, 0.5) is 14.5 Å². The van der Waals surface area contributed by atoms with Gasteiger partial charge in [-0.05, 0) is 37.3 Å². The predicted molar refractivity (Wildman–Crippen MR) is 77.1 cm³/mol. The van der Waals surface area contributed by atoms with Crippen LogP contribution >= 0.6 is 0 Å². The predicted octanol–water partition coefficient (Wildman–Crippen LogP) is 2.79. The van der Waals surface area contributed by atoms with E-state index in [2.05, 4.69) is 11.6 Å². The number of halogens is 2. The van der Waals surface area contributed by atoms with E-state index in [1.165, 1.54) is 0 Å². The molecule has 7 heteroatoms. The van der Waals surface area contributed by atoms with Gasteiger partial charge in [0, 0.05) is 11.7 Å². The topological polar surface area (TPSA) is 72.2 Å². The fraction of sp³-hybridized carbons (Fsp3) is 0.571. The Morgan fingerprint density at radius 3 is 2.38 bits per heavy atom. The molecule has 118 valence electrons. The Kier molecular flexibility index (Phi) is 4.83. The van der Waals surface area contributed by atoms with E-state index in [9.17, 15) is 17.2 Å². The molecule has 0 spiro atoms. The highest BCUT2D eigenvalue weighted by Crippen LogP contribution is 2.26. The van der Waals surface area contributed by atoms with Crippen LogP contribution in [0.5, 0.6) is 0 Å². The van der Waals surface area contributed by atoms with Crippen molar-refractivity contribution in [2.24, 2.45) is 5.92 Å². The fourth-order valence-electron chi connectivity index (χ4n) is 2.72. The van der Waals surface area contributed by atoms with E-state index in [1.54, 1.807) is 0 Å². The lowest BCUT2D eigenvalue weighted by atomic mass is 10.0. The van der Waals surface area contributed by atoms with Gasteiger partial charge in [0.1, 0.15) is 11.6 Å². The summed E-state index contributed by atoms with van der Waals surface area (Å²) < 4.78 is 54.4. The van der Waals surface area contributed by atoms with Crippen LogP contribution in [0.15, 0.2) is 17.0 Å². The zero-order valence-electron chi connectivity index (χ0n) is 11.9. The van der Waals surface area contributed by atoms with Crippen molar-refractivity contribution in [3.8, 4) is 0 Å². The van der Waals surface area contributed by atoms with Crippen molar-refractivity contribution in [3.05, 3.63) is 23.8 Å². The number of nitrogen functional groups attached to an aromatic ring is 1. The van der Waals surface area contributed by atoms with E-state index in [-0.39, 0.29) is 11.7 Å². The highest BCUT2D eigenvalue weighted by molar-refractivity contribution is 7.89. The highest BCUT2D eigenvalue weighted by Gasteiger charge is 2.28. The Morgan fingerprint density at radius 1 is 1.14 bits per heavy atom. The van der Waals surface area contributed by atoms with Crippen LogP contribution in [0, 0.1) is 17.6 Å². The van der Waals surface area contributed by atoms with E-state index in [4.69, 9.17) is 5.73 Å². The second-order valence-electron chi connectivity index (χ2n) is 5.75. The molecule has 1 aliphatic rings. The molecule has 1 aromatic carbocycles. The molecule has 0 aromatic heterocycles. The second kappa shape index (κ2) is 6.27. The molecule has 0 radical (unpaired) electrons. The van der Waals surface area contributed by atoms with Crippen LogP contribution in [0.2, 0.25) is 0 Å². The molecule has 1 aliphatic carbocycles. The largest absolute Gasteiger partial charge is 0.399 e. The summed E-state index contributed by atoms with van der Waals surface area (Å²) in [6.07, 6.45) is 4.21. The van der Waals surface area contributed by atoms with Crippen LogP contribution in [-0.4, -0.2) is 14.5 Å². The Labute approximate surface area is 123 Å². The average molecular weight is 318 g/mol. The molecule has 1 fully saturated rings. The number of anilines is 1. The third-order valence-corrected chi connectivity index (χ3v) is 5.44.